The lowest BCUT2D eigenvalue weighted by atomic mass is 9.97. The number of ether oxygens (including phenoxy) is 2. The number of nitrogens with zero attached hydrogens (tertiary/aromatic N) is 2. The molecule has 4 aromatic carbocycles. The highest BCUT2D eigenvalue weighted by Crippen LogP contribution is 2.31. The third-order valence-electron chi connectivity index (χ3n) is 6.68. The van der Waals surface area contributed by atoms with Gasteiger partial charge in [0.1, 0.15) is 17.3 Å². The van der Waals surface area contributed by atoms with Crippen LogP contribution in [0.3, 0.4) is 0 Å². The first-order valence-electron chi connectivity index (χ1n) is 12.3. The van der Waals surface area contributed by atoms with Crippen molar-refractivity contribution < 1.29 is 9.47 Å². The van der Waals surface area contributed by atoms with Crippen LogP contribution < -0.4 is 9.47 Å². The fourth-order valence-corrected chi connectivity index (χ4v) is 4.71. The Bertz CT molecular complexity index is 1450. The summed E-state index contributed by atoms with van der Waals surface area (Å²) in [5.74, 6) is 3.11. The molecule has 0 aliphatic rings. The Morgan fingerprint density at radius 3 is 2.51 bits per heavy atom. The zero-order chi connectivity index (χ0) is 24.2. The molecule has 1 unspecified atom stereocenters. The van der Waals surface area contributed by atoms with E-state index in [0.717, 1.165) is 48.8 Å². The summed E-state index contributed by atoms with van der Waals surface area (Å²) in [7, 11) is 1.71. The summed E-state index contributed by atoms with van der Waals surface area (Å²) in [5, 5.41) is 2.40. The second-order valence-electron chi connectivity index (χ2n) is 9.18. The van der Waals surface area contributed by atoms with Crippen molar-refractivity contribution in [3.8, 4) is 11.5 Å². The SMILES string of the molecule is COc1ccc2cc(C(C)c3nc4ccccc4n3CCCCOc3cccc(C)c3)ccc2c1. The average molecular weight is 465 g/mol. The minimum Gasteiger partial charge on any atom is -0.497 e. The van der Waals surface area contributed by atoms with Crippen LogP contribution >= 0.6 is 0 Å². The lowest BCUT2D eigenvalue weighted by molar-refractivity contribution is 0.303. The molecule has 5 aromatic rings. The van der Waals surface area contributed by atoms with Gasteiger partial charge in [0.25, 0.3) is 0 Å². The smallest absolute Gasteiger partial charge is 0.119 e. The Balaban J connectivity index is 1.34. The highest BCUT2D eigenvalue weighted by Gasteiger charge is 2.18. The van der Waals surface area contributed by atoms with Crippen molar-refractivity contribution in [2.75, 3.05) is 13.7 Å². The van der Waals surface area contributed by atoms with Crippen LogP contribution in [0, 0.1) is 6.92 Å². The molecule has 0 aliphatic heterocycles. The van der Waals surface area contributed by atoms with Gasteiger partial charge in [0.2, 0.25) is 0 Å². The Hall–Kier alpha value is -3.79. The van der Waals surface area contributed by atoms with Gasteiger partial charge in [0.05, 0.1) is 24.8 Å². The van der Waals surface area contributed by atoms with Crippen molar-refractivity contribution in [3.63, 3.8) is 0 Å². The fraction of sp³-hybridized carbons (Fsp3) is 0.258. The zero-order valence-electron chi connectivity index (χ0n) is 20.7. The number of rotatable bonds is 9. The number of unbranched alkanes of at least 4 members (excludes halogenated alkanes) is 1. The van der Waals surface area contributed by atoms with E-state index in [-0.39, 0.29) is 5.92 Å². The quantitative estimate of drug-likeness (QED) is 0.212. The summed E-state index contributed by atoms with van der Waals surface area (Å²) >= 11 is 0. The van der Waals surface area contributed by atoms with Crippen LogP contribution in [-0.2, 0) is 6.54 Å². The largest absolute Gasteiger partial charge is 0.497 e. The fourth-order valence-electron chi connectivity index (χ4n) is 4.71. The number of fused-ring (bicyclic) bond motifs is 2. The highest BCUT2D eigenvalue weighted by molar-refractivity contribution is 5.85. The van der Waals surface area contributed by atoms with Crippen LogP contribution in [-0.4, -0.2) is 23.3 Å². The van der Waals surface area contributed by atoms with Gasteiger partial charge >= 0.3 is 0 Å². The molecule has 178 valence electrons. The van der Waals surface area contributed by atoms with Crippen molar-refractivity contribution in [3.05, 3.63) is 102 Å². The number of methoxy groups -OCH3 is 1. The van der Waals surface area contributed by atoms with Gasteiger partial charge in [-0.05, 0) is 78.1 Å². The van der Waals surface area contributed by atoms with E-state index in [0.29, 0.717) is 0 Å². The predicted molar refractivity (Wildman–Crippen MR) is 144 cm³/mol. The van der Waals surface area contributed by atoms with Gasteiger partial charge in [0, 0.05) is 12.5 Å². The Morgan fingerprint density at radius 2 is 1.66 bits per heavy atom. The van der Waals surface area contributed by atoms with Gasteiger partial charge in [0.15, 0.2) is 0 Å². The number of hydrogen-bond donors (Lipinski definition) is 0. The number of para-hydroxylation sites is 2. The third-order valence-corrected chi connectivity index (χ3v) is 6.68. The number of aromatic nitrogens is 2. The second kappa shape index (κ2) is 10.2. The van der Waals surface area contributed by atoms with Crippen LogP contribution in [0.1, 0.15) is 42.6 Å². The molecule has 0 spiro atoms. The second-order valence-corrected chi connectivity index (χ2v) is 9.18. The molecule has 0 radical (unpaired) electrons. The van der Waals surface area contributed by atoms with Gasteiger partial charge < -0.3 is 14.0 Å². The molecule has 0 amide bonds. The van der Waals surface area contributed by atoms with E-state index in [1.54, 1.807) is 7.11 Å². The Labute approximate surface area is 207 Å². The van der Waals surface area contributed by atoms with E-state index in [1.807, 2.05) is 18.2 Å². The Kier molecular flexibility index (Phi) is 6.71. The molecule has 35 heavy (non-hydrogen) atoms. The van der Waals surface area contributed by atoms with Crippen molar-refractivity contribution in [2.45, 2.75) is 39.2 Å². The first-order valence-corrected chi connectivity index (χ1v) is 12.3. The average Bonchev–Trinajstić information content (AvgIpc) is 3.26. The van der Waals surface area contributed by atoms with Crippen molar-refractivity contribution in [1.82, 2.24) is 9.55 Å². The van der Waals surface area contributed by atoms with Gasteiger partial charge in [-0.15, -0.1) is 0 Å². The summed E-state index contributed by atoms with van der Waals surface area (Å²) in [4.78, 5) is 5.06. The highest BCUT2D eigenvalue weighted by atomic mass is 16.5. The van der Waals surface area contributed by atoms with E-state index in [4.69, 9.17) is 14.5 Å². The van der Waals surface area contributed by atoms with Crippen molar-refractivity contribution in [1.29, 1.82) is 0 Å². The number of aryl methyl sites for hydroxylation is 2. The maximum absolute atomic E-state index is 5.96. The number of benzene rings is 4. The molecular weight excluding hydrogens is 432 g/mol. The number of hydrogen-bond acceptors (Lipinski definition) is 3. The molecule has 0 saturated heterocycles. The van der Waals surface area contributed by atoms with Gasteiger partial charge in [-0.3, -0.25) is 0 Å². The molecule has 1 atom stereocenters. The summed E-state index contributed by atoms with van der Waals surface area (Å²) < 4.78 is 13.7. The Morgan fingerprint density at radius 1 is 0.829 bits per heavy atom. The van der Waals surface area contributed by atoms with Crippen LogP contribution in [0.15, 0.2) is 84.9 Å². The first-order chi connectivity index (χ1) is 17.1. The normalized spacial score (nSPS) is 12.2. The first kappa shape index (κ1) is 23.0. The maximum Gasteiger partial charge on any atom is 0.119 e. The molecule has 1 aromatic heterocycles. The number of imidazole rings is 1. The van der Waals surface area contributed by atoms with E-state index < -0.39 is 0 Å². The lowest BCUT2D eigenvalue weighted by Crippen LogP contribution is -2.09. The van der Waals surface area contributed by atoms with E-state index >= 15 is 0 Å². The molecule has 5 rings (SSSR count). The topological polar surface area (TPSA) is 36.3 Å². The van der Waals surface area contributed by atoms with E-state index in [9.17, 15) is 0 Å². The molecule has 0 aliphatic carbocycles. The van der Waals surface area contributed by atoms with Crippen molar-refractivity contribution >= 4 is 21.8 Å². The maximum atomic E-state index is 5.96. The van der Waals surface area contributed by atoms with Crippen molar-refractivity contribution in [2.24, 2.45) is 0 Å². The minimum absolute atomic E-state index is 0.178. The van der Waals surface area contributed by atoms with E-state index in [1.165, 1.54) is 27.4 Å². The summed E-state index contributed by atoms with van der Waals surface area (Å²) in [6.45, 7) is 5.98. The molecular formula is C31H32N2O2. The summed E-state index contributed by atoms with van der Waals surface area (Å²) in [6.07, 6.45) is 2.02. The van der Waals surface area contributed by atoms with E-state index in [2.05, 4.69) is 85.1 Å². The van der Waals surface area contributed by atoms with Gasteiger partial charge in [-0.2, -0.15) is 0 Å². The monoisotopic (exact) mass is 464 g/mol. The molecule has 0 bridgehead atoms. The molecule has 0 saturated carbocycles. The molecule has 4 heteroatoms. The van der Waals surface area contributed by atoms with Gasteiger partial charge in [-0.25, -0.2) is 4.98 Å². The van der Waals surface area contributed by atoms with Crippen LogP contribution in [0.4, 0.5) is 0 Å². The third kappa shape index (κ3) is 5.02. The summed E-state index contributed by atoms with van der Waals surface area (Å²) in [5.41, 5.74) is 4.73. The van der Waals surface area contributed by atoms with Crippen LogP contribution in [0.5, 0.6) is 11.5 Å². The van der Waals surface area contributed by atoms with Crippen LogP contribution in [0.25, 0.3) is 21.8 Å². The van der Waals surface area contributed by atoms with Crippen LogP contribution in [0.2, 0.25) is 0 Å². The molecule has 4 nitrogen and oxygen atoms in total. The molecule has 0 fully saturated rings. The lowest BCUT2D eigenvalue weighted by Gasteiger charge is -2.16. The zero-order valence-corrected chi connectivity index (χ0v) is 20.7. The minimum atomic E-state index is 0.178. The van der Waals surface area contributed by atoms with Gasteiger partial charge in [-0.1, -0.05) is 55.5 Å². The molecule has 1 heterocycles. The predicted octanol–water partition coefficient (Wildman–Crippen LogP) is 7.52. The summed E-state index contributed by atoms with van der Waals surface area (Å²) in [6, 6.07) is 29.6. The molecule has 0 N–H and O–H groups in total. The standard InChI is InChI=1S/C31H32N2O2/c1-22-9-8-10-28(19-22)35-18-7-6-17-33-30-12-5-4-11-29(30)32-31(33)23(2)24-13-14-26-21-27(34-3)16-15-25(26)20-24/h4-5,8-16,19-21,23H,6-7,17-18H2,1-3H3.